The van der Waals surface area contributed by atoms with Gasteiger partial charge in [0.15, 0.2) is 0 Å². The fourth-order valence-corrected chi connectivity index (χ4v) is 3.57. The van der Waals surface area contributed by atoms with Gasteiger partial charge in [-0.05, 0) is 17.7 Å². The largest absolute Gasteiger partial charge is 0.508 e. The van der Waals surface area contributed by atoms with Gasteiger partial charge in [-0.1, -0.05) is 12.1 Å². The Morgan fingerprint density at radius 3 is 2.38 bits per heavy atom. The molecule has 2 heterocycles. The van der Waals surface area contributed by atoms with Crippen LogP contribution in [0.2, 0.25) is 0 Å². The lowest BCUT2D eigenvalue weighted by Gasteiger charge is -2.31. The maximum absolute atomic E-state index is 10.4. The number of benzene rings is 2. The van der Waals surface area contributed by atoms with Crippen molar-refractivity contribution in [3.63, 3.8) is 0 Å². The van der Waals surface area contributed by atoms with Crippen molar-refractivity contribution in [1.29, 1.82) is 0 Å². The number of phenolic OH excluding ortho intramolecular Hbond substituents is 2. The highest BCUT2D eigenvalue weighted by Crippen LogP contribution is 2.42. The van der Waals surface area contributed by atoms with Crippen molar-refractivity contribution in [1.82, 2.24) is 0 Å². The number of phenols is 2. The van der Waals surface area contributed by atoms with Gasteiger partial charge in [0, 0.05) is 24.1 Å². The summed E-state index contributed by atoms with van der Waals surface area (Å²) in [5.41, 5.74) is 1.05. The van der Waals surface area contributed by atoms with Crippen LogP contribution in [-0.2, 0) is 11.2 Å². The molecule has 2 aromatic rings. The van der Waals surface area contributed by atoms with Crippen molar-refractivity contribution in [3.8, 4) is 23.0 Å². The van der Waals surface area contributed by atoms with Crippen LogP contribution in [0.1, 0.15) is 17.2 Å². The fourth-order valence-electron chi connectivity index (χ4n) is 3.57. The van der Waals surface area contributed by atoms with E-state index in [2.05, 4.69) is 0 Å². The molecule has 0 saturated carbocycles. The van der Waals surface area contributed by atoms with E-state index in [-0.39, 0.29) is 29.4 Å². The molecule has 0 bridgehead atoms. The van der Waals surface area contributed by atoms with Crippen molar-refractivity contribution in [2.24, 2.45) is 0 Å². The molecule has 9 heteroatoms. The third-order valence-electron chi connectivity index (χ3n) is 5.15. The predicted octanol–water partition coefficient (Wildman–Crippen LogP) is -0.0473. The van der Waals surface area contributed by atoms with Gasteiger partial charge in [0.1, 0.15) is 47.4 Å². The molecule has 29 heavy (non-hydrogen) atoms. The van der Waals surface area contributed by atoms with Gasteiger partial charge < -0.3 is 44.8 Å². The summed E-state index contributed by atoms with van der Waals surface area (Å²) in [5.74, 6) is 0.339. The number of hydrogen-bond donors (Lipinski definition) is 6. The van der Waals surface area contributed by atoms with Crippen molar-refractivity contribution in [2.75, 3.05) is 6.61 Å². The summed E-state index contributed by atoms with van der Waals surface area (Å²) in [4.78, 5) is 0. The first-order valence-electron chi connectivity index (χ1n) is 9.16. The van der Waals surface area contributed by atoms with Crippen LogP contribution in [0.5, 0.6) is 23.0 Å². The number of fused-ring (bicyclic) bond motifs is 1. The summed E-state index contributed by atoms with van der Waals surface area (Å²) in [6.07, 6.45) is -6.38. The number of aliphatic hydroxyl groups is 4. The monoisotopic (exact) mass is 406 g/mol. The first-order valence-corrected chi connectivity index (χ1v) is 9.16. The first-order chi connectivity index (χ1) is 13.9. The highest BCUT2D eigenvalue weighted by atomic mass is 16.7. The Labute approximate surface area is 166 Å². The molecule has 6 N–H and O–H groups in total. The lowest BCUT2D eigenvalue weighted by molar-refractivity contribution is -0.116. The maximum atomic E-state index is 10.4. The molecule has 1 saturated heterocycles. The predicted molar refractivity (Wildman–Crippen MR) is 97.7 cm³/mol. The highest BCUT2D eigenvalue weighted by molar-refractivity contribution is 5.52. The van der Waals surface area contributed by atoms with Gasteiger partial charge in [0.2, 0.25) is 6.29 Å². The second-order valence-electron chi connectivity index (χ2n) is 7.15. The summed E-state index contributed by atoms with van der Waals surface area (Å²) in [6, 6.07) is 9.02. The zero-order chi connectivity index (χ0) is 20.7. The van der Waals surface area contributed by atoms with E-state index in [0.29, 0.717) is 11.1 Å². The molecule has 0 unspecified atom stereocenters. The van der Waals surface area contributed by atoms with E-state index in [4.69, 9.17) is 19.3 Å². The minimum Gasteiger partial charge on any atom is -0.508 e. The van der Waals surface area contributed by atoms with Crippen LogP contribution in [0.25, 0.3) is 0 Å². The number of hydrogen-bond acceptors (Lipinski definition) is 9. The molecule has 0 amide bonds. The molecule has 0 aromatic heterocycles. The third kappa shape index (κ3) is 3.70. The van der Waals surface area contributed by atoms with Crippen molar-refractivity contribution in [2.45, 2.75) is 43.2 Å². The zero-order valence-corrected chi connectivity index (χ0v) is 15.3. The van der Waals surface area contributed by atoms with Crippen LogP contribution in [0.15, 0.2) is 36.4 Å². The number of rotatable bonds is 4. The summed E-state index contributed by atoms with van der Waals surface area (Å²) in [5, 5.41) is 59.2. The number of ether oxygens (including phenoxy) is 3. The normalized spacial score (nSPS) is 31.2. The molecule has 2 aromatic carbocycles. The number of aromatic hydroxyl groups is 2. The van der Waals surface area contributed by atoms with E-state index in [9.17, 15) is 25.5 Å². The van der Waals surface area contributed by atoms with Crippen LogP contribution in [0.3, 0.4) is 0 Å². The molecule has 156 valence electrons. The van der Waals surface area contributed by atoms with Crippen molar-refractivity contribution < 1.29 is 44.8 Å². The molecule has 1 fully saturated rings. The Bertz CT molecular complexity index is 869. The minimum absolute atomic E-state index is 0.0891. The fraction of sp³-hybridized carbons (Fsp3) is 0.400. The van der Waals surface area contributed by atoms with Crippen LogP contribution in [0.4, 0.5) is 0 Å². The second-order valence-corrected chi connectivity index (χ2v) is 7.15. The van der Waals surface area contributed by atoms with Crippen LogP contribution >= 0.6 is 0 Å². The highest BCUT2D eigenvalue weighted by Gasteiger charge is 2.44. The third-order valence-corrected chi connectivity index (χ3v) is 5.15. The molecule has 4 rings (SSSR count). The molecule has 2 aliphatic heterocycles. The summed E-state index contributed by atoms with van der Waals surface area (Å²) in [7, 11) is 0. The van der Waals surface area contributed by atoms with Gasteiger partial charge in [-0.3, -0.25) is 0 Å². The Kier molecular flexibility index (Phi) is 5.24. The first kappa shape index (κ1) is 19.7. The van der Waals surface area contributed by atoms with E-state index in [1.807, 2.05) is 0 Å². The molecule has 0 spiro atoms. The van der Waals surface area contributed by atoms with E-state index >= 15 is 0 Å². The van der Waals surface area contributed by atoms with Crippen LogP contribution in [0, 0.1) is 0 Å². The van der Waals surface area contributed by atoms with E-state index in [1.165, 1.54) is 24.3 Å². The average Bonchev–Trinajstić information content (AvgIpc) is 2.97. The lowest BCUT2D eigenvalue weighted by Crippen LogP contribution is -2.35. The van der Waals surface area contributed by atoms with Crippen molar-refractivity contribution in [3.05, 3.63) is 47.5 Å². The molecule has 2 aliphatic rings. The Hall–Kier alpha value is -2.56. The molecule has 9 nitrogen and oxygen atoms in total. The summed E-state index contributed by atoms with van der Waals surface area (Å²) < 4.78 is 16.7. The number of aliphatic hydroxyl groups excluding tert-OH is 4. The molecule has 6 atom stereocenters. The van der Waals surface area contributed by atoms with Crippen LogP contribution in [-0.4, -0.2) is 68.0 Å². The molecule has 0 radical (unpaired) electrons. The zero-order valence-electron chi connectivity index (χ0n) is 15.3. The molecular formula is C20H22O9. The van der Waals surface area contributed by atoms with Gasteiger partial charge in [0.25, 0.3) is 0 Å². The van der Waals surface area contributed by atoms with Gasteiger partial charge >= 0.3 is 0 Å². The van der Waals surface area contributed by atoms with E-state index in [0.717, 1.165) is 0 Å². The second kappa shape index (κ2) is 7.69. The Morgan fingerprint density at radius 2 is 1.72 bits per heavy atom. The Balaban J connectivity index is 1.57. The average molecular weight is 406 g/mol. The van der Waals surface area contributed by atoms with E-state index in [1.54, 1.807) is 12.1 Å². The van der Waals surface area contributed by atoms with Crippen LogP contribution < -0.4 is 9.47 Å². The van der Waals surface area contributed by atoms with Gasteiger partial charge in [-0.25, -0.2) is 0 Å². The van der Waals surface area contributed by atoms with Gasteiger partial charge in [-0.2, -0.15) is 0 Å². The minimum atomic E-state index is -1.38. The molecule has 0 aliphatic carbocycles. The lowest BCUT2D eigenvalue weighted by atomic mass is 9.94. The maximum Gasteiger partial charge on any atom is 0.229 e. The van der Waals surface area contributed by atoms with Crippen molar-refractivity contribution >= 4 is 0 Å². The van der Waals surface area contributed by atoms with Gasteiger partial charge in [-0.15, -0.1) is 0 Å². The smallest absolute Gasteiger partial charge is 0.229 e. The van der Waals surface area contributed by atoms with E-state index < -0.39 is 43.4 Å². The summed E-state index contributed by atoms with van der Waals surface area (Å²) in [6.45, 7) is -0.483. The summed E-state index contributed by atoms with van der Waals surface area (Å²) >= 11 is 0. The molecular weight excluding hydrogens is 384 g/mol. The SMILES string of the molecule is OC[C@@H]1O[C@H](Oc2cc(O)c3c(c2)O[C@H](c2ccc(O)cc2)[C@H](O)C3)[C@@H](O)[C@H]1O. The quantitative estimate of drug-likeness (QED) is 0.411. The van der Waals surface area contributed by atoms with Gasteiger partial charge in [0.05, 0.1) is 12.7 Å². The Morgan fingerprint density at radius 1 is 1.00 bits per heavy atom. The standard InChI is InChI=1S/C20H22O9/c21-8-16-17(25)18(26)20(29-16)27-11-5-13(23)12-7-14(24)19(28-15(12)6-11)9-1-3-10(22)4-2-9/h1-6,14,16-26H,7-8H2/t14-,16+,17+,18+,19-,20+/m1/s1. The topological polar surface area (TPSA) is 149 Å².